The van der Waals surface area contributed by atoms with Gasteiger partial charge in [-0.3, -0.25) is 14.6 Å². The van der Waals surface area contributed by atoms with Gasteiger partial charge in [0, 0.05) is 24.0 Å². The molecular formula is C18H25IN6O2S. The Morgan fingerprint density at radius 3 is 2.29 bits per heavy atom. The van der Waals surface area contributed by atoms with E-state index in [4.69, 9.17) is 5.73 Å². The van der Waals surface area contributed by atoms with Crippen LogP contribution < -0.4 is 21.7 Å². The maximum absolute atomic E-state index is 11.9. The third kappa shape index (κ3) is 7.43. The van der Waals surface area contributed by atoms with Crippen LogP contribution in [0.25, 0.3) is 0 Å². The van der Waals surface area contributed by atoms with Crippen LogP contribution in [0.4, 0.5) is 0 Å². The Morgan fingerprint density at radius 2 is 1.75 bits per heavy atom. The lowest BCUT2D eigenvalue weighted by molar-refractivity contribution is -0.117. The molecule has 10 heteroatoms. The summed E-state index contributed by atoms with van der Waals surface area (Å²) in [5.74, 6) is -0.225. The van der Waals surface area contributed by atoms with Gasteiger partial charge in [0.2, 0.25) is 5.91 Å². The summed E-state index contributed by atoms with van der Waals surface area (Å²) in [5, 5.41) is 10.0. The first-order valence-corrected chi connectivity index (χ1v) is 9.23. The lowest BCUT2D eigenvalue weighted by Gasteiger charge is -2.12. The van der Waals surface area contributed by atoms with Gasteiger partial charge in [-0.05, 0) is 31.5 Å². The van der Waals surface area contributed by atoms with Gasteiger partial charge in [0.1, 0.15) is 0 Å². The predicted octanol–water partition coefficient (Wildman–Crippen LogP) is 1.46. The number of guanidine groups is 1. The molecule has 8 nitrogen and oxygen atoms in total. The number of thiazole rings is 1. The van der Waals surface area contributed by atoms with Crippen molar-refractivity contribution in [3.8, 4) is 0 Å². The maximum atomic E-state index is 11.9. The summed E-state index contributed by atoms with van der Waals surface area (Å²) < 4.78 is 0. The summed E-state index contributed by atoms with van der Waals surface area (Å²) in [6, 6.07) is 7.09. The van der Waals surface area contributed by atoms with Crippen LogP contribution in [0.5, 0.6) is 0 Å². The first kappa shape index (κ1) is 23.8. The smallest absolute Gasteiger partial charge is 0.251 e. The second-order valence-electron chi connectivity index (χ2n) is 5.87. The Bertz CT molecular complexity index is 835. The summed E-state index contributed by atoms with van der Waals surface area (Å²) in [5.41, 5.74) is 7.51. The summed E-state index contributed by atoms with van der Waals surface area (Å²) >= 11 is 1.67. The molecule has 0 radical (unpaired) electrons. The van der Waals surface area contributed by atoms with Crippen LogP contribution in [0, 0.1) is 13.8 Å². The standard InChI is InChI=1S/C18H24N6O2S.HI/c1-11-15(27-12(2)24-11)9-23-18(20-3)22-8-13-4-6-14(7-5-13)17(26)21-10-16(19)25;/h4-7H,8-10H2,1-3H3,(H2,19,25)(H,21,26)(H2,20,22,23);1H. The fourth-order valence-corrected chi connectivity index (χ4v) is 3.23. The van der Waals surface area contributed by atoms with E-state index in [0.717, 1.165) is 16.3 Å². The lowest BCUT2D eigenvalue weighted by atomic mass is 10.1. The van der Waals surface area contributed by atoms with E-state index in [-0.39, 0.29) is 36.4 Å². The van der Waals surface area contributed by atoms with Crippen LogP contribution >= 0.6 is 35.3 Å². The highest BCUT2D eigenvalue weighted by Crippen LogP contribution is 2.16. The zero-order chi connectivity index (χ0) is 19.8. The largest absolute Gasteiger partial charge is 0.368 e. The van der Waals surface area contributed by atoms with Crippen molar-refractivity contribution in [3.63, 3.8) is 0 Å². The molecule has 0 aliphatic heterocycles. The molecule has 0 spiro atoms. The zero-order valence-corrected chi connectivity index (χ0v) is 19.2. The van der Waals surface area contributed by atoms with Gasteiger partial charge in [-0.15, -0.1) is 35.3 Å². The molecule has 0 fully saturated rings. The number of aliphatic imine (C=N–C) groups is 1. The number of nitrogens with one attached hydrogen (secondary N) is 3. The molecule has 0 saturated carbocycles. The van der Waals surface area contributed by atoms with Crippen LogP contribution in [0.2, 0.25) is 0 Å². The topological polar surface area (TPSA) is 122 Å². The van der Waals surface area contributed by atoms with Crippen LogP contribution in [0.15, 0.2) is 29.3 Å². The van der Waals surface area contributed by atoms with Gasteiger partial charge in [-0.25, -0.2) is 4.98 Å². The number of hydrogen-bond donors (Lipinski definition) is 4. The van der Waals surface area contributed by atoms with Gasteiger partial charge in [0.25, 0.3) is 5.91 Å². The van der Waals surface area contributed by atoms with Gasteiger partial charge in [-0.2, -0.15) is 0 Å². The zero-order valence-electron chi connectivity index (χ0n) is 16.0. The van der Waals surface area contributed by atoms with Gasteiger partial charge < -0.3 is 21.7 Å². The lowest BCUT2D eigenvalue weighted by Crippen LogP contribution is -2.36. The van der Waals surface area contributed by atoms with Gasteiger partial charge in [-0.1, -0.05) is 12.1 Å². The Kier molecular flexibility index (Phi) is 9.87. The second kappa shape index (κ2) is 11.6. The number of aryl methyl sites for hydroxylation is 2. The van der Waals surface area contributed by atoms with Crippen molar-refractivity contribution in [1.29, 1.82) is 0 Å². The molecule has 152 valence electrons. The summed E-state index contributed by atoms with van der Waals surface area (Å²) in [4.78, 5) is 32.4. The predicted molar refractivity (Wildman–Crippen MR) is 122 cm³/mol. The number of nitrogens with two attached hydrogens (primary N) is 1. The minimum atomic E-state index is -0.577. The average Bonchev–Trinajstić information content (AvgIpc) is 2.97. The molecule has 0 aliphatic rings. The average molecular weight is 516 g/mol. The molecule has 1 heterocycles. The molecule has 2 aromatic rings. The van der Waals surface area contributed by atoms with Gasteiger partial charge in [0.15, 0.2) is 5.96 Å². The summed E-state index contributed by atoms with van der Waals surface area (Å²) in [6.07, 6.45) is 0. The van der Waals surface area contributed by atoms with E-state index < -0.39 is 5.91 Å². The number of primary amides is 1. The third-order valence-corrected chi connectivity index (χ3v) is 4.81. The van der Waals surface area contributed by atoms with E-state index in [9.17, 15) is 9.59 Å². The van der Waals surface area contributed by atoms with Crippen molar-refractivity contribution in [2.24, 2.45) is 10.7 Å². The van der Waals surface area contributed by atoms with Crippen molar-refractivity contribution in [3.05, 3.63) is 51.0 Å². The highest BCUT2D eigenvalue weighted by molar-refractivity contribution is 14.0. The Morgan fingerprint density at radius 1 is 1.11 bits per heavy atom. The van der Waals surface area contributed by atoms with Crippen molar-refractivity contribution < 1.29 is 9.59 Å². The number of halogens is 1. The summed E-state index contributed by atoms with van der Waals surface area (Å²) in [7, 11) is 1.71. The van der Waals surface area contributed by atoms with Crippen LogP contribution in [0.1, 0.15) is 31.5 Å². The van der Waals surface area contributed by atoms with Crippen LogP contribution in [0.3, 0.4) is 0 Å². The van der Waals surface area contributed by atoms with E-state index in [0.29, 0.717) is 24.6 Å². The number of amides is 2. The maximum Gasteiger partial charge on any atom is 0.251 e. The molecule has 0 aliphatic carbocycles. The van der Waals surface area contributed by atoms with Gasteiger partial charge in [0.05, 0.1) is 23.8 Å². The normalized spacial score (nSPS) is 10.8. The fourth-order valence-electron chi connectivity index (χ4n) is 2.35. The quantitative estimate of drug-likeness (QED) is 0.252. The number of carbonyl (C=O) groups excluding carboxylic acids is 2. The van der Waals surface area contributed by atoms with Crippen molar-refractivity contribution >= 4 is 53.1 Å². The number of nitrogens with zero attached hydrogens (tertiary/aromatic N) is 2. The monoisotopic (exact) mass is 516 g/mol. The molecule has 0 saturated heterocycles. The molecule has 0 unspecified atom stereocenters. The number of hydrogen-bond acceptors (Lipinski definition) is 5. The third-order valence-electron chi connectivity index (χ3n) is 3.74. The molecule has 5 N–H and O–H groups in total. The number of benzene rings is 1. The minimum Gasteiger partial charge on any atom is -0.368 e. The molecule has 1 aromatic carbocycles. The molecular weight excluding hydrogens is 491 g/mol. The number of aromatic nitrogens is 1. The minimum absolute atomic E-state index is 0. The SMILES string of the molecule is CN=C(NCc1ccc(C(=O)NCC(N)=O)cc1)NCc1sc(C)nc1C.I. The van der Waals surface area contributed by atoms with E-state index >= 15 is 0 Å². The first-order chi connectivity index (χ1) is 12.9. The highest BCUT2D eigenvalue weighted by atomic mass is 127. The van der Waals surface area contributed by atoms with Crippen molar-refractivity contribution in [1.82, 2.24) is 20.9 Å². The number of carbonyl (C=O) groups is 2. The fraction of sp³-hybridized carbons (Fsp3) is 0.333. The van der Waals surface area contributed by atoms with E-state index in [1.54, 1.807) is 30.5 Å². The molecule has 0 bridgehead atoms. The van der Waals surface area contributed by atoms with E-state index in [2.05, 4.69) is 25.9 Å². The molecule has 0 atom stereocenters. The van der Waals surface area contributed by atoms with Crippen molar-refractivity contribution in [2.75, 3.05) is 13.6 Å². The Balaban J connectivity index is 0.00000392. The van der Waals surface area contributed by atoms with E-state index in [1.165, 1.54) is 4.88 Å². The molecule has 2 amide bonds. The molecule has 1 aromatic heterocycles. The molecule has 2 rings (SSSR count). The van der Waals surface area contributed by atoms with Crippen LogP contribution in [-0.2, 0) is 17.9 Å². The Hall–Kier alpha value is -2.21. The van der Waals surface area contributed by atoms with Gasteiger partial charge >= 0.3 is 0 Å². The molecule has 28 heavy (non-hydrogen) atoms. The van der Waals surface area contributed by atoms with Crippen LogP contribution in [-0.4, -0.2) is 36.4 Å². The second-order valence-corrected chi connectivity index (χ2v) is 7.15. The van der Waals surface area contributed by atoms with E-state index in [1.807, 2.05) is 26.0 Å². The number of rotatable bonds is 7. The highest BCUT2D eigenvalue weighted by Gasteiger charge is 2.08. The Labute approximate surface area is 185 Å². The van der Waals surface area contributed by atoms with Crippen molar-refractivity contribution in [2.45, 2.75) is 26.9 Å². The first-order valence-electron chi connectivity index (χ1n) is 8.42. The summed E-state index contributed by atoms with van der Waals surface area (Å²) in [6.45, 7) is 5.03.